The highest BCUT2D eigenvalue weighted by Gasteiger charge is 2.62. The number of allylic oxidation sites excluding steroid dienone is 1. The zero-order valence-electron chi connectivity index (χ0n) is 29.9. The first-order valence-electron chi connectivity index (χ1n) is 19.0. The fourth-order valence-corrected chi connectivity index (χ4v) is 9.67. The van der Waals surface area contributed by atoms with Crippen molar-refractivity contribution < 1.29 is 41.9 Å². The molecule has 14 nitrogen and oxygen atoms in total. The van der Waals surface area contributed by atoms with E-state index in [9.17, 15) is 32.4 Å². The molecule has 3 N–H and O–H groups in total. The van der Waals surface area contributed by atoms with Crippen molar-refractivity contribution in [1.82, 2.24) is 25.2 Å². The highest BCUT2D eigenvalue weighted by Crippen LogP contribution is 2.45. The molecule has 3 saturated carbocycles. The van der Waals surface area contributed by atoms with E-state index in [4.69, 9.17) is 9.47 Å². The number of amides is 5. The van der Waals surface area contributed by atoms with Gasteiger partial charge in [-0.05, 0) is 74.0 Å². The van der Waals surface area contributed by atoms with E-state index in [0.29, 0.717) is 58.0 Å². The lowest BCUT2D eigenvalue weighted by atomic mass is 9.83. The maximum atomic E-state index is 14.6. The molecule has 3 heterocycles. The largest absolute Gasteiger partial charge is 0.450 e. The van der Waals surface area contributed by atoms with Crippen molar-refractivity contribution in [3.05, 3.63) is 53.6 Å². The highest BCUT2D eigenvalue weighted by molar-refractivity contribution is 7.91. The van der Waals surface area contributed by atoms with Crippen LogP contribution in [0.25, 0.3) is 6.08 Å². The molecule has 0 radical (unpaired) electrons. The van der Waals surface area contributed by atoms with Gasteiger partial charge in [-0.1, -0.05) is 55.7 Å². The lowest BCUT2D eigenvalue weighted by molar-refractivity contribution is -0.142. The van der Waals surface area contributed by atoms with Gasteiger partial charge in [-0.2, -0.15) is 0 Å². The van der Waals surface area contributed by atoms with Gasteiger partial charge in [0.15, 0.2) is 0 Å². The Bertz CT molecular complexity index is 1790. The van der Waals surface area contributed by atoms with Gasteiger partial charge < -0.3 is 29.9 Å². The van der Waals surface area contributed by atoms with Crippen molar-refractivity contribution in [2.24, 2.45) is 11.8 Å². The molecule has 3 aliphatic carbocycles. The summed E-state index contributed by atoms with van der Waals surface area (Å²) in [6.07, 6.45) is 10.4. The molecule has 3 aliphatic heterocycles. The summed E-state index contributed by atoms with van der Waals surface area (Å²) in [5, 5.41) is 4.95. The number of benzene rings is 1. The van der Waals surface area contributed by atoms with Gasteiger partial charge in [0.05, 0.1) is 18.4 Å². The van der Waals surface area contributed by atoms with Crippen LogP contribution in [0.3, 0.4) is 0 Å². The van der Waals surface area contributed by atoms with Crippen molar-refractivity contribution in [2.75, 3.05) is 19.7 Å². The quantitative estimate of drug-likeness (QED) is 0.353. The van der Waals surface area contributed by atoms with Gasteiger partial charge in [-0.3, -0.25) is 19.1 Å². The molecule has 6 aliphatic rings. The molecule has 15 heteroatoms. The normalized spacial score (nSPS) is 30.4. The number of fused-ring (bicyclic) bond motifs is 3. The molecule has 7 rings (SSSR count). The van der Waals surface area contributed by atoms with Crippen LogP contribution in [0, 0.1) is 11.8 Å². The van der Waals surface area contributed by atoms with Gasteiger partial charge in [0.25, 0.3) is 5.91 Å². The highest BCUT2D eigenvalue weighted by atomic mass is 32.2. The molecule has 53 heavy (non-hydrogen) atoms. The minimum atomic E-state index is -3.90. The zero-order chi connectivity index (χ0) is 37.3. The monoisotopic (exact) mass is 751 g/mol. The number of carbonyl (C=O) groups excluding carboxylic acids is 5. The Morgan fingerprint density at radius 1 is 1.06 bits per heavy atom. The molecular formula is C38H49N5O9S. The summed E-state index contributed by atoms with van der Waals surface area (Å²) in [6.45, 7) is 4.58. The number of carbonyl (C=O) groups is 5. The molecule has 4 fully saturated rings. The number of nitrogens with one attached hydrogen (secondary N) is 3. The van der Waals surface area contributed by atoms with E-state index in [2.05, 4.69) is 28.0 Å². The van der Waals surface area contributed by atoms with E-state index in [1.807, 2.05) is 24.3 Å². The molecule has 0 unspecified atom stereocenters. The zero-order valence-corrected chi connectivity index (χ0v) is 30.7. The van der Waals surface area contributed by atoms with Crippen molar-refractivity contribution in [3.63, 3.8) is 0 Å². The van der Waals surface area contributed by atoms with Crippen molar-refractivity contribution in [1.29, 1.82) is 0 Å². The standard InChI is InChI=1S/C38H49N5O9S/c1-2-27-21-38(27,35(46)41-53(49,50)29-15-16-29)40-33(44)31-20-28-22-43(31)34(45)32(26-11-5-3-6-12-26)39-36(47)51-19-8-4-7-10-24-13-9-14-25-17-18-42(23-30(24)25)37(48)52-28/h2,7,9-10,13-14,26-29,31-32H,1,3-6,8,11-12,15-23H2,(H,39,47)(H,40,44)(H,41,46)/b10-7+/t27-,28-,31+,32+,38-/m1/s1. The molecular weight excluding hydrogens is 703 g/mol. The second-order valence-corrected chi connectivity index (χ2v) is 17.2. The summed E-state index contributed by atoms with van der Waals surface area (Å²) in [6, 6.07) is 3.87. The third kappa shape index (κ3) is 7.95. The summed E-state index contributed by atoms with van der Waals surface area (Å²) < 4.78 is 39.1. The Kier molecular flexibility index (Phi) is 10.6. The number of ether oxygens (including phenoxy) is 2. The summed E-state index contributed by atoms with van der Waals surface area (Å²) >= 11 is 0. The molecule has 0 aromatic heterocycles. The lowest BCUT2D eigenvalue weighted by Crippen LogP contribution is -2.59. The molecule has 0 spiro atoms. The predicted octanol–water partition coefficient (Wildman–Crippen LogP) is 3.30. The maximum Gasteiger partial charge on any atom is 0.410 e. The van der Waals surface area contributed by atoms with Crippen LogP contribution in [0.15, 0.2) is 36.9 Å². The van der Waals surface area contributed by atoms with Crippen LogP contribution in [0.4, 0.5) is 9.59 Å². The molecule has 5 atom stereocenters. The maximum absolute atomic E-state index is 14.6. The van der Waals surface area contributed by atoms with Crippen molar-refractivity contribution in [3.8, 4) is 0 Å². The SMILES string of the molecule is C=C[C@@H]1C[C@]1(NC(=O)[C@@H]1C[C@@H]2CN1C(=O)[C@H](C1CCCCC1)NC(=O)OCCC/C=C/c1cccc3c1CN(CC3)C(=O)O2)C(=O)NS(=O)(=O)C1CC1. The first kappa shape index (κ1) is 36.9. The predicted molar refractivity (Wildman–Crippen MR) is 193 cm³/mol. The number of cyclic esters (lactones) is 1. The number of nitrogens with zero attached hydrogens (tertiary/aromatic N) is 2. The molecule has 1 saturated heterocycles. The number of hydrogen-bond acceptors (Lipinski definition) is 9. The second-order valence-electron chi connectivity index (χ2n) is 15.3. The Hall–Kier alpha value is -4.40. The van der Waals surface area contributed by atoms with Crippen LogP contribution in [0.1, 0.15) is 87.3 Å². The van der Waals surface area contributed by atoms with Gasteiger partial charge in [0.1, 0.15) is 23.7 Å². The fourth-order valence-electron chi connectivity index (χ4n) is 8.30. The number of hydrogen-bond donors (Lipinski definition) is 3. The van der Waals surface area contributed by atoms with Gasteiger partial charge in [0.2, 0.25) is 21.8 Å². The van der Waals surface area contributed by atoms with Crippen molar-refractivity contribution >= 4 is 46.0 Å². The van der Waals surface area contributed by atoms with Crippen LogP contribution >= 0.6 is 0 Å². The first-order chi connectivity index (χ1) is 25.5. The Balaban J connectivity index is 1.17. The van der Waals surface area contributed by atoms with Gasteiger partial charge in [-0.15, -0.1) is 6.58 Å². The summed E-state index contributed by atoms with van der Waals surface area (Å²) in [5.41, 5.74) is 1.59. The summed E-state index contributed by atoms with van der Waals surface area (Å²) in [4.78, 5) is 72.2. The molecule has 1 aromatic rings. The van der Waals surface area contributed by atoms with E-state index in [1.165, 1.54) is 11.0 Å². The average molecular weight is 752 g/mol. The number of rotatable bonds is 7. The van der Waals surface area contributed by atoms with E-state index >= 15 is 0 Å². The third-order valence-corrected chi connectivity index (χ3v) is 13.5. The van der Waals surface area contributed by atoms with E-state index in [1.54, 1.807) is 4.90 Å². The van der Waals surface area contributed by atoms with Gasteiger partial charge in [0, 0.05) is 25.4 Å². The number of alkyl carbamates (subject to hydrolysis) is 1. The van der Waals surface area contributed by atoms with Crippen LogP contribution < -0.4 is 15.4 Å². The minimum Gasteiger partial charge on any atom is -0.450 e. The lowest BCUT2D eigenvalue weighted by Gasteiger charge is -2.34. The van der Waals surface area contributed by atoms with Crippen LogP contribution in [0.5, 0.6) is 0 Å². The topological polar surface area (TPSA) is 181 Å². The van der Waals surface area contributed by atoms with Crippen LogP contribution in [-0.4, -0.2) is 96.8 Å². The minimum absolute atomic E-state index is 0.0552. The third-order valence-electron chi connectivity index (χ3n) is 11.6. The molecule has 1 aromatic carbocycles. The molecule has 286 valence electrons. The molecule has 4 bridgehead atoms. The average Bonchev–Trinajstić information content (AvgIpc) is 4.08. The first-order valence-corrected chi connectivity index (χ1v) is 20.5. The summed E-state index contributed by atoms with van der Waals surface area (Å²) in [7, 11) is -3.90. The summed E-state index contributed by atoms with van der Waals surface area (Å²) in [5.74, 6) is -2.77. The Morgan fingerprint density at radius 3 is 2.58 bits per heavy atom. The Morgan fingerprint density at radius 2 is 1.85 bits per heavy atom. The van der Waals surface area contributed by atoms with Gasteiger partial charge in [-0.25, -0.2) is 18.0 Å². The van der Waals surface area contributed by atoms with Gasteiger partial charge >= 0.3 is 12.2 Å². The van der Waals surface area contributed by atoms with E-state index in [0.717, 1.165) is 36.0 Å². The van der Waals surface area contributed by atoms with E-state index in [-0.39, 0.29) is 31.9 Å². The fraction of sp³-hybridized carbons (Fsp3) is 0.605. The van der Waals surface area contributed by atoms with Crippen molar-refractivity contribution in [2.45, 2.75) is 113 Å². The molecule has 5 amide bonds. The van der Waals surface area contributed by atoms with Crippen LogP contribution in [-0.2, 0) is 46.8 Å². The van der Waals surface area contributed by atoms with Crippen LogP contribution in [0.2, 0.25) is 0 Å². The van der Waals surface area contributed by atoms with E-state index < -0.39 is 74.8 Å². The smallest absolute Gasteiger partial charge is 0.410 e. The second kappa shape index (κ2) is 15.2. The Labute approximate surface area is 310 Å². The number of sulfonamides is 1.